The molecule has 0 radical (unpaired) electrons. The molecule has 0 aromatic carbocycles. The molecule has 0 aliphatic carbocycles. The van der Waals surface area contributed by atoms with Gasteiger partial charge in [-0.1, -0.05) is 6.92 Å². The lowest BCUT2D eigenvalue weighted by Gasteiger charge is -1.89. The molecule has 0 N–H and O–H groups in total. The van der Waals surface area contributed by atoms with Gasteiger partial charge in [0, 0.05) is 19.4 Å². The van der Waals surface area contributed by atoms with Gasteiger partial charge in [0.2, 0.25) is 11.6 Å². The molecule has 64 valence electrons. The Balaban J connectivity index is 2.31. The Kier molecular flexibility index (Phi) is 1.67. The zero-order chi connectivity index (χ0) is 8.55. The van der Waals surface area contributed by atoms with Crippen LogP contribution in [0.3, 0.4) is 0 Å². The van der Waals surface area contributed by atoms with Gasteiger partial charge in [-0.3, -0.25) is 4.79 Å². The van der Waals surface area contributed by atoms with E-state index in [9.17, 15) is 4.79 Å². The molecule has 0 amide bonds. The zero-order valence-electron chi connectivity index (χ0n) is 7.08. The average Bonchev–Trinajstić information content (AvgIpc) is 2.60. The number of hydrogen-bond acceptors (Lipinski definition) is 3. The molecular weight excluding hydrogens is 154 g/mol. The summed E-state index contributed by atoms with van der Waals surface area (Å²) in [6.45, 7) is 2.74. The van der Waals surface area contributed by atoms with Crippen LogP contribution in [0.4, 0.5) is 0 Å². The Morgan fingerprint density at radius 1 is 1.67 bits per heavy atom. The van der Waals surface area contributed by atoms with Crippen molar-refractivity contribution in [2.75, 3.05) is 0 Å². The van der Waals surface area contributed by atoms with E-state index in [1.807, 2.05) is 11.6 Å². The van der Waals surface area contributed by atoms with Crippen LogP contribution in [0.5, 0.6) is 0 Å². The van der Waals surface area contributed by atoms with Gasteiger partial charge in [0.1, 0.15) is 5.82 Å². The Bertz CT molecular complexity index is 295. The number of carbonyl (C=O) groups is 1. The van der Waals surface area contributed by atoms with Gasteiger partial charge < -0.3 is 0 Å². The summed E-state index contributed by atoms with van der Waals surface area (Å²) in [6, 6.07) is 0. The van der Waals surface area contributed by atoms with E-state index in [0.717, 1.165) is 25.2 Å². The molecule has 4 nitrogen and oxygen atoms in total. The highest BCUT2D eigenvalue weighted by atomic mass is 16.1. The molecule has 0 unspecified atom stereocenters. The third-order valence-corrected chi connectivity index (χ3v) is 2.09. The first-order valence-corrected chi connectivity index (χ1v) is 4.28. The van der Waals surface area contributed by atoms with Gasteiger partial charge in [0.05, 0.1) is 0 Å². The Hall–Kier alpha value is -1.19. The van der Waals surface area contributed by atoms with Crippen LogP contribution >= 0.6 is 0 Å². The molecule has 0 fully saturated rings. The largest absolute Gasteiger partial charge is 0.291 e. The summed E-state index contributed by atoms with van der Waals surface area (Å²) in [7, 11) is 0. The zero-order valence-corrected chi connectivity index (χ0v) is 7.08. The third-order valence-electron chi connectivity index (χ3n) is 2.09. The van der Waals surface area contributed by atoms with E-state index in [1.54, 1.807) is 0 Å². The number of ketones is 1. The molecule has 4 heteroatoms. The average molecular weight is 165 g/mol. The van der Waals surface area contributed by atoms with E-state index in [1.165, 1.54) is 0 Å². The van der Waals surface area contributed by atoms with Crippen LogP contribution in [-0.2, 0) is 13.0 Å². The number of aromatic nitrogens is 3. The van der Waals surface area contributed by atoms with Crippen LogP contribution in [-0.4, -0.2) is 20.5 Å². The molecule has 1 aromatic rings. The topological polar surface area (TPSA) is 47.8 Å². The van der Waals surface area contributed by atoms with Crippen LogP contribution in [0.2, 0.25) is 0 Å². The van der Waals surface area contributed by atoms with Crippen molar-refractivity contribution < 1.29 is 4.79 Å². The number of carbonyl (C=O) groups excluding carboxylic acids is 1. The van der Waals surface area contributed by atoms with E-state index >= 15 is 0 Å². The van der Waals surface area contributed by atoms with Crippen molar-refractivity contribution in [1.29, 1.82) is 0 Å². The highest BCUT2D eigenvalue weighted by Gasteiger charge is 2.18. The number of fused-ring (bicyclic) bond motifs is 1. The summed E-state index contributed by atoms with van der Waals surface area (Å²) < 4.78 is 1.84. The molecule has 0 spiro atoms. The minimum absolute atomic E-state index is 0.0388. The Morgan fingerprint density at radius 3 is 3.17 bits per heavy atom. The second-order valence-corrected chi connectivity index (χ2v) is 2.96. The maximum absolute atomic E-state index is 11.2. The fourth-order valence-electron chi connectivity index (χ4n) is 1.40. The molecule has 2 rings (SSSR count). The summed E-state index contributed by atoms with van der Waals surface area (Å²) in [5.74, 6) is 1.40. The van der Waals surface area contributed by atoms with Crippen molar-refractivity contribution in [2.45, 2.75) is 32.7 Å². The standard InChI is InChI=1S/C8H11N3O/c1-2-6(12)8-9-7-4-3-5-11(7)10-8/h2-5H2,1H3. The number of rotatable bonds is 2. The van der Waals surface area contributed by atoms with Crippen LogP contribution in [0.25, 0.3) is 0 Å². The summed E-state index contributed by atoms with van der Waals surface area (Å²) in [5.41, 5.74) is 0. The molecule has 0 bridgehead atoms. The summed E-state index contributed by atoms with van der Waals surface area (Å²) in [5, 5.41) is 4.12. The minimum atomic E-state index is 0.0388. The van der Waals surface area contributed by atoms with Crippen molar-refractivity contribution in [2.24, 2.45) is 0 Å². The monoisotopic (exact) mass is 165 g/mol. The van der Waals surface area contributed by atoms with Crippen LogP contribution in [0.1, 0.15) is 36.2 Å². The smallest absolute Gasteiger partial charge is 0.217 e. The predicted octanol–water partition coefficient (Wildman–Crippen LogP) is 0.817. The number of aryl methyl sites for hydroxylation is 2. The maximum atomic E-state index is 11.2. The Morgan fingerprint density at radius 2 is 2.50 bits per heavy atom. The second-order valence-electron chi connectivity index (χ2n) is 2.96. The van der Waals surface area contributed by atoms with Gasteiger partial charge in [-0.2, -0.15) is 0 Å². The van der Waals surface area contributed by atoms with Crippen molar-refractivity contribution in [3.05, 3.63) is 11.6 Å². The van der Waals surface area contributed by atoms with E-state index in [-0.39, 0.29) is 5.78 Å². The first-order chi connectivity index (χ1) is 5.81. The molecule has 0 atom stereocenters. The molecule has 0 saturated heterocycles. The normalized spacial score (nSPS) is 14.8. The van der Waals surface area contributed by atoms with E-state index < -0.39 is 0 Å². The maximum Gasteiger partial charge on any atom is 0.217 e. The Labute approximate surface area is 70.6 Å². The second kappa shape index (κ2) is 2.69. The lowest BCUT2D eigenvalue weighted by Crippen LogP contribution is -2.02. The van der Waals surface area contributed by atoms with Crippen LogP contribution < -0.4 is 0 Å². The SMILES string of the molecule is CCC(=O)c1nc2n(n1)CCC2. The lowest BCUT2D eigenvalue weighted by atomic mass is 10.3. The van der Waals surface area contributed by atoms with Gasteiger partial charge in [-0.15, -0.1) is 5.10 Å². The fourth-order valence-corrected chi connectivity index (χ4v) is 1.40. The number of hydrogen-bond donors (Lipinski definition) is 0. The highest BCUT2D eigenvalue weighted by Crippen LogP contribution is 2.11. The van der Waals surface area contributed by atoms with Crippen LogP contribution in [0.15, 0.2) is 0 Å². The number of nitrogens with zero attached hydrogens (tertiary/aromatic N) is 3. The summed E-state index contributed by atoms with van der Waals surface area (Å²) in [4.78, 5) is 15.3. The molecule has 1 aromatic heterocycles. The number of Topliss-reactive ketones (excluding diaryl/α,β-unsaturated/α-hetero) is 1. The van der Waals surface area contributed by atoms with Gasteiger partial charge >= 0.3 is 0 Å². The molecular formula is C8H11N3O. The van der Waals surface area contributed by atoms with E-state index in [0.29, 0.717) is 12.2 Å². The summed E-state index contributed by atoms with van der Waals surface area (Å²) in [6.07, 6.45) is 2.56. The molecule has 1 aliphatic rings. The fraction of sp³-hybridized carbons (Fsp3) is 0.625. The van der Waals surface area contributed by atoms with Gasteiger partial charge in [0.15, 0.2) is 0 Å². The van der Waals surface area contributed by atoms with E-state index in [4.69, 9.17) is 0 Å². The molecule has 0 saturated carbocycles. The van der Waals surface area contributed by atoms with Crippen molar-refractivity contribution in [3.8, 4) is 0 Å². The van der Waals surface area contributed by atoms with Crippen molar-refractivity contribution in [1.82, 2.24) is 14.8 Å². The molecule has 12 heavy (non-hydrogen) atoms. The lowest BCUT2D eigenvalue weighted by molar-refractivity contribution is 0.0977. The molecule has 1 aliphatic heterocycles. The van der Waals surface area contributed by atoms with E-state index in [2.05, 4.69) is 10.1 Å². The van der Waals surface area contributed by atoms with Gasteiger partial charge in [-0.05, 0) is 6.42 Å². The van der Waals surface area contributed by atoms with Gasteiger partial charge in [0.25, 0.3) is 0 Å². The van der Waals surface area contributed by atoms with Crippen LogP contribution in [0, 0.1) is 0 Å². The predicted molar refractivity (Wildman–Crippen MR) is 43.0 cm³/mol. The molecule has 2 heterocycles. The first kappa shape index (κ1) is 7.46. The highest BCUT2D eigenvalue weighted by molar-refractivity contribution is 5.92. The quantitative estimate of drug-likeness (QED) is 0.609. The van der Waals surface area contributed by atoms with Crippen molar-refractivity contribution in [3.63, 3.8) is 0 Å². The third kappa shape index (κ3) is 1.03. The minimum Gasteiger partial charge on any atom is -0.291 e. The van der Waals surface area contributed by atoms with Gasteiger partial charge in [-0.25, -0.2) is 9.67 Å². The van der Waals surface area contributed by atoms with Crippen molar-refractivity contribution >= 4 is 5.78 Å². The summed E-state index contributed by atoms with van der Waals surface area (Å²) >= 11 is 0. The first-order valence-electron chi connectivity index (χ1n) is 4.28.